The summed E-state index contributed by atoms with van der Waals surface area (Å²) in [7, 11) is -3.70. The van der Waals surface area contributed by atoms with E-state index in [9.17, 15) is 18.5 Å². The minimum absolute atomic E-state index is 0.00177. The van der Waals surface area contributed by atoms with E-state index in [0.29, 0.717) is 17.9 Å². The van der Waals surface area contributed by atoms with Crippen molar-refractivity contribution in [2.45, 2.75) is 10.3 Å². The Kier molecular flexibility index (Phi) is 3.89. The lowest BCUT2D eigenvalue weighted by atomic mass is 10.2. The number of thioether (sulfide) groups is 1. The van der Waals surface area contributed by atoms with Gasteiger partial charge in [-0.2, -0.15) is 4.31 Å². The van der Waals surface area contributed by atoms with E-state index in [4.69, 9.17) is 0 Å². The summed E-state index contributed by atoms with van der Waals surface area (Å²) < 4.78 is 31.1. The monoisotopic (exact) mass is 341 g/mol. The molecule has 0 spiro atoms. The van der Waals surface area contributed by atoms with Gasteiger partial charge in [0.05, 0.1) is 16.5 Å². The highest BCUT2D eigenvalue weighted by Crippen LogP contribution is 2.41. The van der Waals surface area contributed by atoms with Crippen molar-refractivity contribution in [3.8, 4) is 0 Å². The topological polar surface area (TPSA) is 107 Å². The van der Waals surface area contributed by atoms with Crippen LogP contribution in [-0.2, 0) is 10.0 Å². The molecule has 1 aliphatic heterocycles. The van der Waals surface area contributed by atoms with Gasteiger partial charge in [0, 0.05) is 24.4 Å². The molecule has 1 saturated heterocycles. The number of non-ortho nitro benzene ring substituents is 1. The highest BCUT2D eigenvalue weighted by Gasteiger charge is 2.37. The molecule has 1 aromatic carbocycles. The first kappa shape index (κ1) is 15.0. The van der Waals surface area contributed by atoms with E-state index in [2.05, 4.69) is 9.68 Å². The summed E-state index contributed by atoms with van der Waals surface area (Å²) in [5, 5.41) is 13.7. The van der Waals surface area contributed by atoms with Crippen molar-refractivity contribution in [1.82, 2.24) is 9.46 Å². The molecule has 1 aromatic heterocycles. The second-order valence-electron chi connectivity index (χ2n) is 4.55. The Bertz CT molecular complexity index is 774. The number of hydrogen-bond acceptors (Lipinski definition) is 7. The predicted octanol–water partition coefficient (Wildman–Crippen LogP) is 2.02. The predicted molar refractivity (Wildman–Crippen MR) is 78.7 cm³/mol. The maximum absolute atomic E-state index is 12.6. The molecular formula is C12H11N3O5S2. The van der Waals surface area contributed by atoms with Crippen LogP contribution >= 0.6 is 11.8 Å². The van der Waals surface area contributed by atoms with E-state index < -0.39 is 20.3 Å². The summed E-state index contributed by atoms with van der Waals surface area (Å²) in [6.45, 7) is 0.361. The minimum Gasteiger partial charge on any atom is -0.363 e. The van der Waals surface area contributed by atoms with Crippen molar-refractivity contribution in [3.63, 3.8) is 0 Å². The average Bonchev–Trinajstić information content (AvgIpc) is 3.19. The van der Waals surface area contributed by atoms with E-state index in [1.54, 1.807) is 12.1 Å². The fourth-order valence-electron chi connectivity index (χ4n) is 2.18. The van der Waals surface area contributed by atoms with Gasteiger partial charge in [0.25, 0.3) is 5.69 Å². The van der Waals surface area contributed by atoms with Crippen LogP contribution in [0.2, 0.25) is 0 Å². The number of sulfonamides is 1. The Hall–Kier alpha value is -1.91. The third kappa shape index (κ3) is 2.60. The third-order valence-corrected chi connectivity index (χ3v) is 6.46. The highest BCUT2D eigenvalue weighted by molar-refractivity contribution is 8.01. The second-order valence-corrected chi connectivity index (χ2v) is 7.63. The van der Waals surface area contributed by atoms with Crippen LogP contribution in [0.15, 0.2) is 46.1 Å². The smallest absolute Gasteiger partial charge is 0.269 e. The zero-order chi connectivity index (χ0) is 15.7. The number of aromatic nitrogens is 1. The zero-order valence-electron chi connectivity index (χ0n) is 11.2. The lowest BCUT2D eigenvalue weighted by Crippen LogP contribution is -2.30. The van der Waals surface area contributed by atoms with Crippen LogP contribution in [0.3, 0.4) is 0 Å². The molecule has 3 rings (SSSR count). The van der Waals surface area contributed by atoms with E-state index in [1.165, 1.54) is 28.2 Å². The fraction of sp³-hybridized carbons (Fsp3) is 0.250. The molecule has 0 amide bonds. The lowest BCUT2D eigenvalue weighted by Gasteiger charge is -2.22. The van der Waals surface area contributed by atoms with E-state index in [1.807, 2.05) is 0 Å². The molecule has 10 heteroatoms. The molecule has 2 heterocycles. The fourth-order valence-corrected chi connectivity index (χ4v) is 5.28. The summed E-state index contributed by atoms with van der Waals surface area (Å²) >= 11 is 1.47. The second kappa shape index (κ2) is 5.71. The van der Waals surface area contributed by atoms with Gasteiger partial charge in [-0.15, -0.1) is 11.8 Å². The highest BCUT2D eigenvalue weighted by atomic mass is 32.2. The summed E-state index contributed by atoms with van der Waals surface area (Å²) in [4.78, 5) is 10.2. The van der Waals surface area contributed by atoms with Crippen LogP contribution in [0.5, 0.6) is 0 Å². The zero-order valence-corrected chi connectivity index (χ0v) is 12.8. The molecule has 116 valence electrons. The third-order valence-electron chi connectivity index (χ3n) is 3.25. The van der Waals surface area contributed by atoms with Crippen LogP contribution in [0.4, 0.5) is 5.69 Å². The number of nitro benzene ring substituents is 1. The number of rotatable bonds is 4. The molecular weight excluding hydrogens is 330 g/mol. The van der Waals surface area contributed by atoms with Crippen LogP contribution in [0.1, 0.15) is 10.9 Å². The first-order valence-electron chi connectivity index (χ1n) is 6.27. The van der Waals surface area contributed by atoms with Crippen molar-refractivity contribution >= 4 is 27.5 Å². The van der Waals surface area contributed by atoms with Crippen molar-refractivity contribution in [2.24, 2.45) is 0 Å². The molecule has 2 aromatic rings. The Morgan fingerprint density at radius 2 is 2.09 bits per heavy atom. The number of nitro groups is 1. The quantitative estimate of drug-likeness (QED) is 0.618. The van der Waals surface area contributed by atoms with Crippen LogP contribution in [0, 0.1) is 10.1 Å². The van der Waals surface area contributed by atoms with E-state index in [-0.39, 0.29) is 10.6 Å². The van der Waals surface area contributed by atoms with Gasteiger partial charge in [0.15, 0.2) is 0 Å². The maximum Gasteiger partial charge on any atom is 0.269 e. The molecule has 1 fully saturated rings. The maximum atomic E-state index is 12.6. The molecule has 0 saturated carbocycles. The number of benzene rings is 1. The van der Waals surface area contributed by atoms with Gasteiger partial charge in [-0.3, -0.25) is 10.1 Å². The van der Waals surface area contributed by atoms with Crippen molar-refractivity contribution in [2.75, 3.05) is 12.3 Å². The molecule has 0 bridgehead atoms. The first-order valence-corrected chi connectivity index (χ1v) is 8.76. The van der Waals surface area contributed by atoms with Gasteiger partial charge in [-0.1, -0.05) is 5.16 Å². The minimum atomic E-state index is -3.70. The van der Waals surface area contributed by atoms with Crippen LogP contribution in [-0.4, -0.2) is 35.1 Å². The molecule has 0 radical (unpaired) electrons. The standard InChI is InChI=1S/C12H11N3O5S2/c16-15(17)10-3-1-9(2-4-10)12-14(5-6-21-12)22(18,19)11-7-13-20-8-11/h1-4,7-8,12H,5-6H2. The van der Waals surface area contributed by atoms with Gasteiger partial charge in [-0.05, 0) is 17.7 Å². The van der Waals surface area contributed by atoms with Crippen molar-refractivity contribution in [3.05, 3.63) is 52.4 Å². The summed E-state index contributed by atoms with van der Waals surface area (Å²) in [6.07, 6.45) is 2.25. The molecule has 22 heavy (non-hydrogen) atoms. The SMILES string of the molecule is O=[N+]([O-])c1ccc(C2SCCN2S(=O)(=O)c2cnoc2)cc1. The van der Waals surface area contributed by atoms with Gasteiger partial charge >= 0.3 is 0 Å². The Morgan fingerprint density at radius 1 is 1.36 bits per heavy atom. The summed E-state index contributed by atoms with van der Waals surface area (Å²) in [5.74, 6) is 0.645. The largest absolute Gasteiger partial charge is 0.363 e. The summed E-state index contributed by atoms with van der Waals surface area (Å²) in [6, 6.07) is 5.91. The van der Waals surface area contributed by atoms with Crippen molar-refractivity contribution < 1.29 is 17.9 Å². The lowest BCUT2D eigenvalue weighted by molar-refractivity contribution is -0.384. The Morgan fingerprint density at radius 3 is 2.68 bits per heavy atom. The Labute approximate surface area is 130 Å². The molecule has 8 nitrogen and oxygen atoms in total. The summed E-state index contributed by atoms with van der Waals surface area (Å²) in [5.41, 5.74) is 0.674. The average molecular weight is 341 g/mol. The van der Waals surface area contributed by atoms with Crippen LogP contribution < -0.4 is 0 Å². The van der Waals surface area contributed by atoms with E-state index in [0.717, 1.165) is 12.5 Å². The first-order chi connectivity index (χ1) is 10.5. The molecule has 0 aliphatic carbocycles. The van der Waals surface area contributed by atoms with Gasteiger partial charge in [-0.25, -0.2) is 8.42 Å². The molecule has 1 unspecified atom stereocenters. The number of nitrogens with zero attached hydrogens (tertiary/aromatic N) is 3. The van der Waals surface area contributed by atoms with Gasteiger partial charge in [0.1, 0.15) is 11.2 Å². The Balaban J connectivity index is 1.92. The van der Waals surface area contributed by atoms with Crippen molar-refractivity contribution in [1.29, 1.82) is 0 Å². The van der Waals surface area contributed by atoms with Crippen LogP contribution in [0.25, 0.3) is 0 Å². The molecule has 0 N–H and O–H groups in total. The molecule has 1 atom stereocenters. The molecule has 1 aliphatic rings. The normalized spacial score (nSPS) is 19.4. The van der Waals surface area contributed by atoms with Gasteiger partial charge in [0.2, 0.25) is 10.0 Å². The van der Waals surface area contributed by atoms with E-state index >= 15 is 0 Å². The number of hydrogen-bond donors (Lipinski definition) is 0. The van der Waals surface area contributed by atoms with Gasteiger partial charge < -0.3 is 4.52 Å².